The van der Waals surface area contributed by atoms with E-state index in [9.17, 15) is 0 Å². The summed E-state index contributed by atoms with van der Waals surface area (Å²) in [4.78, 5) is 5.64. The molecule has 1 heterocycles. The minimum absolute atomic E-state index is 0.547. The molecule has 3 heteroatoms. The molecular formula is C7H10ClNS. The summed E-state index contributed by atoms with van der Waals surface area (Å²) in [6.07, 6.45) is 1.07. The number of halogens is 1. The zero-order chi connectivity index (χ0) is 7.56. The topological polar surface area (TPSA) is 12.9 Å². The largest absolute Gasteiger partial charge is 0.245 e. The third-order valence-electron chi connectivity index (χ3n) is 1.37. The zero-order valence-electron chi connectivity index (χ0n) is 6.15. The van der Waals surface area contributed by atoms with E-state index in [1.54, 1.807) is 11.3 Å². The first-order valence-corrected chi connectivity index (χ1v) is 4.64. The summed E-state index contributed by atoms with van der Waals surface area (Å²) in [7, 11) is 0. The second kappa shape index (κ2) is 3.35. The predicted molar refractivity (Wildman–Crippen MR) is 45.8 cm³/mol. The molecular weight excluding hydrogens is 166 g/mol. The van der Waals surface area contributed by atoms with E-state index in [-0.39, 0.29) is 0 Å². The third kappa shape index (κ3) is 1.50. The molecule has 1 nitrogen and oxygen atoms in total. The Hall–Kier alpha value is -0.0800. The molecule has 1 aromatic rings. The number of thiazole rings is 1. The molecule has 0 bridgehead atoms. The van der Waals surface area contributed by atoms with Gasteiger partial charge in [0.2, 0.25) is 0 Å². The average molecular weight is 176 g/mol. The van der Waals surface area contributed by atoms with E-state index in [1.165, 1.54) is 4.88 Å². The van der Waals surface area contributed by atoms with Gasteiger partial charge in [-0.25, -0.2) is 4.98 Å². The van der Waals surface area contributed by atoms with Gasteiger partial charge in [-0.1, -0.05) is 6.92 Å². The number of hydrogen-bond acceptors (Lipinski definition) is 2. The van der Waals surface area contributed by atoms with Crippen molar-refractivity contribution in [3.05, 3.63) is 15.6 Å². The Morgan fingerprint density at radius 2 is 2.30 bits per heavy atom. The molecule has 56 valence electrons. The summed E-state index contributed by atoms with van der Waals surface area (Å²) < 4.78 is 0. The quantitative estimate of drug-likeness (QED) is 0.630. The lowest BCUT2D eigenvalue weighted by atomic mass is 10.3. The van der Waals surface area contributed by atoms with Crippen LogP contribution in [0.5, 0.6) is 0 Å². The van der Waals surface area contributed by atoms with E-state index in [1.807, 2.05) is 6.92 Å². The van der Waals surface area contributed by atoms with Crippen LogP contribution in [0.2, 0.25) is 0 Å². The number of nitrogens with zero attached hydrogens (tertiary/aromatic N) is 1. The van der Waals surface area contributed by atoms with E-state index in [0.717, 1.165) is 17.1 Å². The SMILES string of the molecule is CCc1sc(CCl)nc1C. The third-order valence-corrected chi connectivity index (χ3v) is 3.09. The molecule has 0 radical (unpaired) electrons. The Balaban J connectivity index is 2.92. The molecule has 0 saturated carbocycles. The summed E-state index contributed by atoms with van der Waals surface area (Å²) in [5, 5.41) is 1.04. The van der Waals surface area contributed by atoms with Gasteiger partial charge in [0, 0.05) is 4.88 Å². The number of hydrogen-bond donors (Lipinski definition) is 0. The normalized spacial score (nSPS) is 10.3. The van der Waals surface area contributed by atoms with Crippen molar-refractivity contribution in [2.24, 2.45) is 0 Å². The van der Waals surface area contributed by atoms with Gasteiger partial charge in [-0.15, -0.1) is 22.9 Å². The number of alkyl halides is 1. The zero-order valence-corrected chi connectivity index (χ0v) is 7.72. The second-order valence-electron chi connectivity index (χ2n) is 2.10. The monoisotopic (exact) mass is 175 g/mol. The summed E-state index contributed by atoms with van der Waals surface area (Å²) >= 11 is 7.33. The van der Waals surface area contributed by atoms with Gasteiger partial charge in [-0.2, -0.15) is 0 Å². The highest BCUT2D eigenvalue weighted by Crippen LogP contribution is 2.19. The van der Waals surface area contributed by atoms with Crippen LogP contribution in [-0.2, 0) is 12.3 Å². The number of aryl methyl sites for hydroxylation is 2. The highest BCUT2D eigenvalue weighted by Gasteiger charge is 2.03. The fourth-order valence-electron chi connectivity index (χ4n) is 0.873. The van der Waals surface area contributed by atoms with Gasteiger partial charge in [0.25, 0.3) is 0 Å². The van der Waals surface area contributed by atoms with Crippen LogP contribution in [-0.4, -0.2) is 4.98 Å². The van der Waals surface area contributed by atoms with E-state index in [0.29, 0.717) is 5.88 Å². The van der Waals surface area contributed by atoms with Crippen LogP contribution in [0.4, 0.5) is 0 Å². The van der Waals surface area contributed by atoms with Crippen molar-refractivity contribution in [3.63, 3.8) is 0 Å². The molecule has 0 spiro atoms. The highest BCUT2D eigenvalue weighted by molar-refractivity contribution is 7.11. The molecule has 0 amide bonds. The average Bonchev–Trinajstić information content (AvgIpc) is 2.30. The lowest BCUT2D eigenvalue weighted by Crippen LogP contribution is -1.78. The van der Waals surface area contributed by atoms with Gasteiger partial charge < -0.3 is 0 Å². The van der Waals surface area contributed by atoms with Crippen molar-refractivity contribution in [3.8, 4) is 0 Å². The van der Waals surface area contributed by atoms with Crippen LogP contribution < -0.4 is 0 Å². The van der Waals surface area contributed by atoms with Crippen molar-refractivity contribution in [2.75, 3.05) is 0 Å². The minimum Gasteiger partial charge on any atom is -0.245 e. The molecule has 1 rings (SSSR count). The Kier molecular flexibility index (Phi) is 2.69. The van der Waals surface area contributed by atoms with Gasteiger partial charge in [0.1, 0.15) is 5.01 Å². The molecule has 0 fully saturated rings. The van der Waals surface area contributed by atoms with Gasteiger partial charge in [0.15, 0.2) is 0 Å². The first-order valence-electron chi connectivity index (χ1n) is 3.29. The highest BCUT2D eigenvalue weighted by atomic mass is 35.5. The Morgan fingerprint density at radius 1 is 1.60 bits per heavy atom. The molecule has 0 unspecified atom stereocenters. The lowest BCUT2D eigenvalue weighted by molar-refractivity contribution is 1.10. The predicted octanol–water partition coefficient (Wildman–Crippen LogP) is 2.75. The van der Waals surface area contributed by atoms with Crippen LogP contribution in [0.3, 0.4) is 0 Å². The van der Waals surface area contributed by atoms with Crippen molar-refractivity contribution in [1.29, 1.82) is 0 Å². The number of rotatable bonds is 2. The molecule has 0 saturated heterocycles. The summed E-state index contributed by atoms with van der Waals surface area (Å²) in [6.45, 7) is 4.17. The summed E-state index contributed by atoms with van der Waals surface area (Å²) in [5.74, 6) is 0.547. The Morgan fingerprint density at radius 3 is 2.60 bits per heavy atom. The van der Waals surface area contributed by atoms with Crippen molar-refractivity contribution < 1.29 is 0 Å². The fourth-order valence-corrected chi connectivity index (χ4v) is 1.96. The summed E-state index contributed by atoms with van der Waals surface area (Å²) in [6, 6.07) is 0. The van der Waals surface area contributed by atoms with E-state index in [4.69, 9.17) is 11.6 Å². The fraction of sp³-hybridized carbons (Fsp3) is 0.571. The van der Waals surface area contributed by atoms with Crippen LogP contribution >= 0.6 is 22.9 Å². The Labute approximate surface area is 70.1 Å². The van der Waals surface area contributed by atoms with Gasteiger partial charge in [0.05, 0.1) is 11.6 Å². The summed E-state index contributed by atoms with van der Waals surface area (Å²) in [5.41, 5.74) is 1.14. The van der Waals surface area contributed by atoms with E-state index in [2.05, 4.69) is 11.9 Å². The molecule has 0 aliphatic carbocycles. The smallest absolute Gasteiger partial charge is 0.108 e. The molecule has 1 aromatic heterocycles. The molecule has 0 aromatic carbocycles. The molecule has 0 N–H and O–H groups in total. The van der Waals surface area contributed by atoms with Crippen LogP contribution in [0, 0.1) is 6.92 Å². The second-order valence-corrected chi connectivity index (χ2v) is 3.54. The lowest BCUT2D eigenvalue weighted by Gasteiger charge is -1.85. The first-order chi connectivity index (χ1) is 4.77. The van der Waals surface area contributed by atoms with Crippen LogP contribution in [0.15, 0.2) is 0 Å². The van der Waals surface area contributed by atoms with Crippen molar-refractivity contribution in [1.82, 2.24) is 4.98 Å². The van der Waals surface area contributed by atoms with Crippen LogP contribution in [0.1, 0.15) is 22.5 Å². The maximum Gasteiger partial charge on any atom is 0.108 e. The maximum absolute atomic E-state index is 5.62. The van der Waals surface area contributed by atoms with E-state index < -0.39 is 0 Å². The van der Waals surface area contributed by atoms with Crippen molar-refractivity contribution in [2.45, 2.75) is 26.1 Å². The van der Waals surface area contributed by atoms with Gasteiger partial charge >= 0.3 is 0 Å². The molecule has 0 aliphatic heterocycles. The molecule has 10 heavy (non-hydrogen) atoms. The number of aromatic nitrogens is 1. The molecule has 0 atom stereocenters. The van der Waals surface area contributed by atoms with Gasteiger partial charge in [-0.05, 0) is 13.3 Å². The van der Waals surface area contributed by atoms with Crippen molar-refractivity contribution >= 4 is 22.9 Å². The van der Waals surface area contributed by atoms with Gasteiger partial charge in [-0.3, -0.25) is 0 Å². The standard InChI is InChI=1S/C7H10ClNS/c1-3-6-5(2)9-7(4-8)10-6/h3-4H2,1-2H3. The Bertz CT molecular complexity index is 219. The minimum atomic E-state index is 0.547. The maximum atomic E-state index is 5.62. The van der Waals surface area contributed by atoms with Crippen LogP contribution in [0.25, 0.3) is 0 Å². The van der Waals surface area contributed by atoms with E-state index >= 15 is 0 Å². The first kappa shape index (κ1) is 8.02. The molecule has 0 aliphatic rings.